The first-order chi connectivity index (χ1) is 9.69. The molecule has 1 aliphatic rings. The van der Waals surface area contributed by atoms with Gasteiger partial charge in [0, 0.05) is 46.1 Å². The highest BCUT2D eigenvalue weighted by molar-refractivity contribution is 5.78. The fourth-order valence-electron chi connectivity index (χ4n) is 2.01. The van der Waals surface area contributed by atoms with E-state index in [-0.39, 0.29) is 24.8 Å². The Morgan fingerprint density at radius 3 is 2.05 bits per heavy atom. The number of ether oxygens (including phenoxy) is 1. The van der Waals surface area contributed by atoms with Gasteiger partial charge in [-0.25, -0.2) is 4.79 Å². The Hall–Kier alpha value is -1.79. The van der Waals surface area contributed by atoms with Gasteiger partial charge < -0.3 is 19.9 Å². The number of rotatable bonds is 3. The van der Waals surface area contributed by atoms with Crippen LogP contribution < -0.4 is 5.32 Å². The first-order valence-corrected chi connectivity index (χ1v) is 7.19. The van der Waals surface area contributed by atoms with E-state index in [1.54, 1.807) is 30.6 Å². The SMILES string of the molecule is CC(=O)N1CCN(C(=O)CCNC(=O)OC(C)(C)C)CC1. The van der Waals surface area contributed by atoms with Gasteiger partial charge in [0.2, 0.25) is 11.8 Å². The molecule has 1 N–H and O–H groups in total. The molecule has 0 unspecified atom stereocenters. The predicted octanol–water partition coefficient (Wildman–Crippen LogP) is 0.592. The van der Waals surface area contributed by atoms with Gasteiger partial charge in [-0.2, -0.15) is 0 Å². The average molecular weight is 299 g/mol. The molecule has 7 heteroatoms. The Morgan fingerprint density at radius 1 is 1.05 bits per heavy atom. The molecule has 1 heterocycles. The molecule has 0 radical (unpaired) electrons. The average Bonchev–Trinajstić information content (AvgIpc) is 2.36. The molecule has 21 heavy (non-hydrogen) atoms. The minimum absolute atomic E-state index is 0.0192. The third-order valence-corrected chi connectivity index (χ3v) is 3.08. The first-order valence-electron chi connectivity index (χ1n) is 7.19. The Labute approximate surface area is 125 Å². The van der Waals surface area contributed by atoms with E-state index >= 15 is 0 Å². The third-order valence-electron chi connectivity index (χ3n) is 3.08. The number of nitrogens with one attached hydrogen (secondary N) is 1. The molecule has 3 amide bonds. The summed E-state index contributed by atoms with van der Waals surface area (Å²) in [5, 5.41) is 2.56. The third kappa shape index (κ3) is 6.46. The minimum atomic E-state index is -0.545. The number of carbonyl (C=O) groups excluding carboxylic acids is 3. The lowest BCUT2D eigenvalue weighted by molar-refractivity contribution is -0.138. The summed E-state index contributed by atoms with van der Waals surface area (Å²) in [4.78, 5) is 38.0. The maximum atomic E-state index is 12.0. The number of nitrogens with zero attached hydrogens (tertiary/aromatic N) is 2. The van der Waals surface area contributed by atoms with E-state index in [4.69, 9.17) is 4.74 Å². The first kappa shape index (κ1) is 17.3. The lowest BCUT2D eigenvalue weighted by Crippen LogP contribution is -2.50. The van der Waals surface area contributed by atoms with Crippen LogP contribution in [0.15, 0.2) is 0 Å². The van der Waals surface area contributed by atoms with Crippen molar-refractivity contribution >= 4 is 17.9 Å². The number of hydrogen-bond acceptors (Lipinski definition) is 4. The Balaban J connectivity index is 2.23. The van der Waals surface area contributed by atoms with Gasteiger partial charge >= 0.3 is 6.09 Å². The van der Waals surface area contributed by atoms with E-state index in [1.165, 1.54) is 6.92 Å². The summed E-state index contributed by atoms with van der Waals surface area (Å²) < 4.78 is 5.09. The monoisotopic (exact) mass is 299 g/mol. The number of hydrogen-bond donors (Lipinski definition) is 1. The van der Waals surface area contributed by atoms with Gasteiger partial charge in [-0.05, 0) is 20.8 Å². The van der Waals surface area contributed by atoms with Crippen molar-refractivity contribution in [3.63, 3.8) is 0 Å². The quantitative estimate of drug-likeness (QED) is 0.827. The molecule has 1 rings (SSSR count). The van der Waals surface area contributed by atoms with Crippen LogP contribution in [0.5, 0.6) is 0 Å². The molecule has 0 atom stereocenters. The molecule has 0 aliphatic carbocycles. The molecular weight excluding hydrogens is 274 g/mol. The van der Waals surface area contributed by atoms with Gasteiger partial charge in [-0.1, -0.05) is 0 Å². The summed E-state index contributed by atoms with van der Waals surface area (Å²) in [5.41, 5.74) is -0.545. The fourth-order valence-corrected chi connectivity index (χ4v) is 2.01. The predicted molar refractivity (Wildman–Crippen MR) is 77.7 cm³/mol. The van der Waals surface area contributed by atoms with Crippen LogP contribution in [0.25, 0.3) is 0 Å². The van der Waals surface area contributed by atoms with Crippen LogP contribution in [-0.4, -0.2) is 66.0 Å². The molecule has 0 aromatic heterocycles. The van der Waals surface area contributed by atoms with E-state index in [0.717, 1.165) is 0 Å². The molecule has 0 aromatic rings. The van der Waals surface area contributed by atoms with Gasteiger partial charge in [0.15, 0.2) is 0 Å². The lowest BCUT2D eigenvalue weighted by atomic mass is 10.2. The van der Waals surface area contributed by atoms with Gasteiger partial charge in [-0.15, -0.1) is 0 Å². The lowest BCUT2D eigenvalue weighted by Gasteiger charge is -2.34. The second kappa shape index (κ2) is 7.28. The summed E-state index contributed by atoms with van der Waals surface area (Å²) in [6.07, 6.45) is -0.282. The fraction of sp³-hybridized carbons (Fsp3) is 0.786. The van der Waals surface area contributed by atoms with Crippen molar-refractivity contribution in [1.29, 1.82) is 0 Å². The number of carbonyl (C=O) groups is 3. The van der Waals surface area contributed by atoms with Crippen LogP contribution in [0.2, 0.25) is 0 Å². The van der Waals surface area contributed by atoms with Crippen molar-refractivity contribution in [2.24, 2.45) is 0 Å². The van der Waals surface area contributed by atoms with Crippen molar-refractivity contribution in [3.05, 3.63) is 0 Å². The van der Waals surface area contributed by atoms with E-state index in [2.05, 4.69) is 5.32 Å². The van der Waals surface area contributed by atoms with Gasteiger partial charge in [-0.3, -0.25) is 9.59 Å². The molecule has 0 saturated carbocycles. The summed E-state index contributed by atoms with van der Waals surface area (Å²) >= 11 is 0. The molecule has 1 aliphatic heterocycles. The second-order valence-corrected chi connectivity index (χ2v) is 6.07. The van der Waals surface area contributed by atoms with Crippen molar-refractivity contribution in [1.82, 2.24) is 15.1 Å². The molecule has 0 aromatic carbocycles. The van der Waals surface area contributed by atoms with Crippen LogP contribution in [0.3, 0.4) is 0 Å². The molecule has 1 saturated heterocycles. The minimum Gasteiger partial charge on any atom is -0.444 e. The van der Waals surface area contributed by atoms with Crippen LogP contribution >= 0.6 is 0 Å². The normalized spacial score (nSPS) is 15.6. The molecule has 0 spiro atoms. The molecule has 1 fully saturated rings. The van der Waals surface area contributed by atoms with Gasteiger partial charge in [0.1, 0.15) is 5.60 Å². The number of alkyl carbamates (subject to hydrolysis) is 1. The summed E-state index contributed by atoms with van der Waals surface area (Å²) in [6.45, 7) is 9.37. The van der Waals surface area contributed by atoms with Crippen LogP contribution in [0.4, 0.5) is 4.79 Å². The van der Waals surface area contributed by atoms with E-state index in [0.29, 0.717) is 26.2 Å². The zero-order valence-electron chi connectivity index (χ0n) is 13.3. The van der Waals surface area contributed by atoms with Crippen molar-refractivity contribution < 1.29 is 19.1 Å². The highest BCUT2D eigenvalue weighted by Gasteiger charge is 2.22. The van der Waals surface area contributed by atoms with Crippen LogP contribution in [0.1, 0.15) is 34.1 Å². The van der Waals surface area contributed by atoms with Gasteiger partial charge in [0.05, 0.1) is 0 Å². The highest BCUT2D eigenvalue weighted by Crippen LogP contribution is 2.07. The van der Waals surface area contributed by atoms with E-state index in [1.807, 2.05) is 0 Å². The van der Waals surface area contributed by atoms with Gasteiger partial charge in [0.25, 0.3) is 0 Å². The van der Waals surface area contributed by atoms with E-state index in [9.17, 15) is 14.4 Å². The molecular formula is C14H25N3O4. The number of amides is 3. The van der Waals surface area contributed by atoms with Crippen molar-refractivity contribution in [3.8, 4) is 0 Å². The molecule has 0 bridgehead atoms. The molecule has 7 nitrogen and oxygen atoms in total. The van der Waals surface area contributed by atoms with E-state index < -0.39 is 11.7 Å². The van der Waals surface area contributed by atoms with Crippen LogP contribution in [-0.2, 0) is 14.3 Å². The Kier molecular flexibility index (Phi) is 5.99. The van der Waals surface area contributed by atoms with Crippen LogP contribution in [0, 0.1) is 0 Å². The zero-order valence-corrected chi connectivity index (χ0v) is 13.3. The highest BCUT2D eigenvalue weighted by atomic mass is 16.6. The zero-order chi connectivity index (χ0) is 16.0. The topological polar surface area (TPSA) is 79.0 Å². The standard InChI is InChI=1S/C14H25N3O4/c1-11(18)16-7-9-17(10-8-16)12(19)5-6-15-13(20)21-14(2,3)4/h5-10H2,1-4H3,(H,15,20). The Morgan fingerprint density at radius 2 is 1.57 bits per heavy atom. The van der Waals surface area contributed by atoms with Crippen molar-refractivity contribution in [2.45, 2.75) is 39.7 Å². The summed E-state index contributed by atoms with van der Waals surface area (Å²) in [6, 6.07) is 0. The summed E-state index contributed by atoms with van der Waals surface area (Å²) in [5.74, 6) is 0.0166. The maximum Gasteiger partial charge on any atom is 0.407 e. The number of piperazine rings is 1. The summed E-state index contributed by atoms with van der Waals surface area (Å²) in [7, 11) is 0. The maximum absolute atomic E-state index is 12.0. The van der Waals surface area contributed by atoms with Crippen molar-refractivity contribution in [2.75, 3.05) is 32.7 Å². The Bertz CT molecular complexity index is 396. The molecule has 120 valence electrons. The largest absolute Gasteiger partial charge is 0.444 e. The second-order valence-electron chi connectivity index (χ2n) is 6.07. The smallest absolute Gasteiger partial charge is 0.407 e.